The fourth-order valence-electron chi connectivity index (χ4n) is 2.41. The van der Waals surface area contributed by atoms with Crippen molar-refractivity contribution >= 4 is 26.8 Å². The van der Waals surface area contributed by atoms with Gasteiger partial charge >= 0.3 is 15.0 Å². The van der Waals surface area contributed by atoms with Gasteiger partial charge in [-0.2, -0.15) is 11.8 Å². The highest BCUT2D eigenvalue weighted by atomic mass is 32.2. The third kappa shape index (κ3) is 13.7. The van der Waals surface area contributed by atoms with E-state index in [1.54, 1.807) is 11.8 Å². The summed E-state index contributed by atoms with van der Waals surface area (Å²) in [5, 5.41) is 0. The van der Waals surface area contributed by atoms with Crippen molar-refractivity contribution in [2.75, 3.05) is 31.3 Å². The van der Waals surface area contributed by atoms with Gasteiger partial charge in [0, 0.05) is 19.8 Å². The zero-order valence-electron chi connectivity index (χ0n) is 16.6. The first-order valence-electron chi connectivity index (χ1n) is 9.85. The van der Waals surface area contributed by atoms with E-state index in [-0.39, 0.29) is 5.97 Å². The maximum atomic E-state index is 12.1. The lowest BCUT2D eigenvalue weighted by molar-refractivity contribution is -0.141. The molecule has 0 atom stereocenters. The minimum atomic E-state index is -3.32. The summed E-state index contributed by atoms with van der Waals surface area (Å²) in [6.07, 6.45) is 10.4. The molecule has 0 radical (unpaired) electrons. The third-order valence-electron chi connectivity index (χ3n) is 3.56. The SMILES string of the molecule is CCCCCCCCCCSCC(=O)O[Si](OCC)(OCC)OCC. The second kappa shape index (κ2) is 17.3. The minimum absolute atomic E-state index is 0.313. The molecule has 0 saturated heterocycles. The van der Waals surface area contributed by atoms with Crippen molar-refractivity contribution in [2.24, 2.45) is 0 Å². The van der Waals surface area contributed by atoms with Gasteiger partial charge in [0.05, 0.1) is 5.75 Å². The Morgan fingerprint density at radius 2 is 1.24 bits per heavy atom. The van der Waals surface area contributed by atoms with Crippen LogP contribution in [0.3, 0.4) is 0 Å². The van der Waals surface area contributed by atoms with Gasteiger partial charge in [0.15, 0.2) is 0 Å². The second-order valence-corrected chi connectivity index (χ2v) is 8.98. The van der Waals surface area contributed by atoms with Gasteiger partial charge in [0.1, 0.15) is 0 Å². The van der Waals surface area contributed by atoms with E-state index in [9.17, 15) is 4.79 Å². The van der Waals surface area contributed by atoms with Crippen molar-refractivity contribution in [1.29, 1.82) is 0 Å². The van der Waals surface area contributed by atoms with Gasteiger partial charge in [-0.05, 0) is 32.9 Å². The first-order chi connectivity index (χ1) is 12.1. The molecule has 0 spiro atoms. The van der Waals surface area contributed by atoms with Crippen LogP contribution in [-0.2, 0) is 22.5 Å². The largest absolute Gasteiger partial charge is 0.751 e. The number of thioether (sulfide) groups is 1. The van der Waals surface area contributed by atoms with E-state index in [1.807, 2.05) is 20.8 Å². The number of hydrogen-bond acceptors (Lipinski definition) is 6. The lowest BCUT2D eigenvalue weighted by atomic mass is 10.1. The first-order valence-corrected chi connectivity index (χ1v) is 12.6. The summed E-state index contributed by atoms with van der Waals surface area (Å²) >= 11 is 1.61. The normalized spacial score (nSPS) is 11.7. The molecule has 0 aliphatic heterocycles. The van der Waals surface area contributed by atoms with E-state index in [0.717, 1.165) is 12.2 Å². The van der Waals surface area contributed by atoms with Gasteiger partial charge in [-0.25, -0.2) is 0 Å². The summed E-state index contributed by atoms with van der Waals surface area (Å²) in [7, 11) is -3.32. The topological polar surface area (TPSA) is 54.0 Å². The molecular formula is C18H38O5SSi. The van der Waals surface area contributed by atoms with Crippen LogP contribution in [0.1, 0.15) is 79.1 Å². The van der Waals surface area contributed by atoms with Crippen LogP contribution in [0, 0.1) is 0 Å². The number of unbranched alkanes of at least 4 members (excludes halogenated alkanes) is 7. The fraction of sp³-hybridized carbons (Fsp3) is 0.944. The van der Waals surface area contributed by atoms with Crippen molar-refractivity contribution in [2.45, 2.75) is 79.1 Å². The summed E-state index contributed by atoms with van der Waals surface area (Å²) in [6.45, 7) is 8.94. The van der Waals surface area contributed by atoms with Crippen LogP contribution in [0.15, 0.2) is 0 Å². The smallest absolute Gasteiger partial charge is 0.451 e. The van der Waals surface area contributed by atoms with Crippen LogP contribution >= 0.6 is 11.8 Å². The van der Waals surface area contributed by atoms with Crippen molar-refractivity contribution in [3.05, 3.63) is 0 Å². The van der Waals surface area contributed by atoms with Crippen LogP contribution in [0.4, 0.5) is 0 Å². The molecular weight excluding hydrogens is 356 g/mol. The monoisotopic (exact) mass is 394 g/mol. The Kier molecular flexibility index (Phi) is 17.3. The lowest BCUT2D eigenvalue weighted by Crippen LogP contribution is -2.51. The van der Waals surface area contributed by atoms with E-state index in [1.165, 1.54) is 44.9 Å². The lowest BCUT2D eigenvalue weighted by Gasteiger charge is -2.25. The highest BCUT2D eigenvalue weighted by Crippen LogP contribution is 2.15. The third-order valence-corrected chi connectivity index (χ3v) is 6.99. The average molecular weight is 395 g/mol. The summed E-state index contributed by atoms with van der Waals surface area (Å²) in [5.74, 6) is 0.987. The second-order valence-electron chi connectivity index (χ2n) is 5.80. The maximum absolute atomic E-state index is 12.1. The van der Waals surface area contributed by atoms with Gasteiger partial charge in [-0.1, -0.05) is 51.9 Å². The Hall–Kier alpha value is -0.0831. The van der Waals surface area contributed by atoms with Crippen LogP contribution < -0.4 is 0 Å². The standard InChI is InChI=1S/C18H38O5SSi/c1-5-9-10-11-12-13-14-15-16-24-17-18(19)23-25(20-6-2,21-7-3)22-8-4/h5-17H2,1-4H3. The van der Waals surface area contributed by atoms with E-state index < -0.39 is 9.05 Å². The van der Waals surface area contributed by atoms with Gasteiger partial charge in [0.25, 0.3) is 0 Å². The van der Waals surface area contributed by atoms with Crippen LogP contribution in [0.2, 0.25) is 0 Å². The predicted molar refractivity (Wildman–Crippen MR) is 107 cm³/mol. The Morgan fingerprint density at radius 1 is 0.760 bits per heavy atom. The molecule has 0 N–H and O–H groups in total. The Bertz CT molecular complexity index is 301. The predicted octanol–water partition coefficient (Wildman–Crippen LogP) is 4.95. The zero-order valence-corrected chi connectivity index (χ0v) is 18.5. The molecule has 0 bridgehead atoms. The average Bonchev–Trinajstić information content (AvgIpc) is 2.57. The first kappa shape index (κ1) is 24.9. The molecule has 0 fully saturated rings. The number of carbonyl (C=O) groups excluding carboxylic acids is 1. The molecule has 0 aromatic carbocycles. The Labute approximate surface area is 160 Å². The summed E-state index contributed by atoms with van der Waals surface area (Å²) < 4.78 is 22.0. The van der Waals surface area contributed by atoms with Gasteiger partial charge < -0.3 is 17.7 Å². The highest BCUT2D eigenvalue weighted by molar-refractivity contribution is 7.99. The van der Waals surface area contributed by atoms with Crippen molar-refractivity contribution < 1.29 is 22.5 Å². The Balaban J connectivity index is 3.85. The molecule has 0 heterocycles. The molecule has 5 nitrogen and oxygen atoms in total. The molecule has 0 amide bonds. The van der Waals surface area contributed by atoms with E-state index in [4.69, 9.17) is 17.7 Å². The van der Waals surface area contributed by atoms with E-state index in [0.29, 0.717) is 25.6 Å². The zero-order chi connectivity index (χ0) is 18.8. The van der Waals surface area contributed by atoms with Gasteiger partial charge in [0.2, 0.25) is 0 Å². The van der Waals surface area contributed by atoms with Crippen LogP contribution in [0.25, 0.3) is 0 Å². The van der Waals surface area contributed by atoms with Gasteiger partial charge in [-0.3, -0.25) is 4.79 Å². The summed E-state index contributed by atoms with van der Waals surface area (Å²) in [6, 6.07) is 0. The van der Waals surface area contributed by atoms with E-state index >= 15 is 0 Å². The van der Waals surface area contributed by atoms with Crippen LogP contribution in [0.5, 0.6) is 0 Å². The summed E-state index contributed by atoms with van der Waals surface area (Å²) in [5.41, 5.74) is 0. The molecule has 0 aliphatic rings. The van der Waals surface area contributed by atoms with Crippen LogP contribution in [-0.4, -0.2) is 46.3 Å². The minimum Gasteiger partial charge on any atom is -0.451 e. The quantitative estimate of drug-likeness (QED) is 0.242. The fourth-order valence-corrected chi connectivity index (χ4v) is 5.13. The summed E-state index contributed by atoms with van der Waals surface area (Å²) in [4.78, 5) is 12.1. The molecule has 150 valence electrons. The molecule has 0 aromatic heterocycles. The van der Waals surface area contributed by atoms with Crippen molar-refractivity contribution in [3.63, 3.8) is 0 Å². The molecule has 25 heavy (non-hydrogen) atoms. The van der Waals surface area contributed by atoms with E-state index in [2.05, 4.69) is 6.92 Å². The number of rotatable bonds is 18. The molecule has 0 unspecified atom stereocenters. The van der Waals surface area contributed by atoms with Gasteiger partial charge in [-0.15, -0.1) is 0 Å². The molecule has 0 rings (SSSR count). The molecule has 7 heteroatoms. The van der Waals surface area contributed by atoms with Crippen molar-refractivity contribution in [1.82, 2.24) is 0 Å². The molecule has 0 aromatic rings. The molecule has 0 aliphatic carbocycles. The number of hydrogen-bond donors (Lipinski definition) is 0. The Morgan fingerprint density at radius 3 is 1.72 bits per heavy atom. The molecule has 0 saturated carbocycles. The van der Waals surface area contributed by atoms with Crippen molar-refractivity contribution in [3.8, 4) is 0 Å². The highest BCUT2D eigenvalue weighted by Gasteiger charge is 2.49. The maximum Gasteiger partial charge on any atom is 0.751 e. The number of carbonyl (C=O) groups is 1.